The number of nitrogens with one attached hydrogen (secondary N) is 3. The van der Waals surface area contributed by atoms with E-state index in [1.54, 1.807) is 30.3 Å². The van der Waals surface area contributed by atoms with Crippen LogP contribution in [0.1, 0.15) is 23.0 Å². The summed E-state index contributed by atoms with van der Waals surface area (Å²) in [6.07, 6.45) is 0. The zero-order chi connectivity index (χ0) is 17.3. The molecule has 0 saturated heterocycles. The minimum absolute atomic E-state index is 0.160. The van der Waals surface area contributed by atoms with Gasteiger partial charge in [0.05, 0.1) is 0 Å². The van der Waals surface area contributed by atoms with Gasteiger partial charge < -0.3 is 15.6 Å². The number of H-pyrrole nitrogens is 1. The molecule has 0 saturated carbocycles. The quantitative estimate of drug-likeness (QED) is 0.685. The summed E-state index contributed by atoms with van der Waals surface area (Å²) in [5.74, 6) is -0.826. The molecule has 5 nitrogen and oxygen atoms in total. The lowest BCUT2D eigenvalue weighted by molar-refractivity contribution is -0.114. The summed E-state index contributed by atoms with van der Waals surface area (Å²) < 4.78 is 13.3. The fourth-order valence-corrected chi connectivity index (χ4v) is 2.57. The first-order chi connectivity index (χ1) is 11.4. The maximum Gasteiger partial charge on any atom is 0.272 e. The molecular formula is C18H16FN3O2. The van der Waals surface area contributed by atoms with Gasteiger partial charge in [-0.05, 0) is 55.0 Å². The zero-order valence-corrected chi connectivity index (χ0v) is 13.2. The predicted octanol–water partition coefficient (Wildman–Crippen LogP) is 3.83. The first kappa shape index (κ1) is 15.7. The van der Waals surface area contributed by atoms with E-state index in [9.17, 15) is 14.0 Å². The summed E-state index contributed by atoms with van der Waals surface area (Å²) in [4.78, 5) is 26.4. The van der Waals surface area contributed by atoms with E-state index in [1.165, 1.54) is 19.1 Å². The number of rotatable bonds is 3. The Hall–Kier alpha value is -3.15. The molecule has 24 heavy (non-hydrogen) atoms. The monoisotopic (exact) mass is 325 g/mol. The lowest BCUT2D eigenvalue weighted by atomic mass is 10.1. The van der Waals surface area contributed by atoms with E-state index in [0.717, 1.165) is 10.9 Å². The van der Waals surface area contributed by atoms with Crippen LogP contribution in [0.25, 0.3) is 10.9 Å². The van der Waals surface area contributed by atoms with Gasteiger partial charge in [-0.2, -0.15) is 0 Å². The molecule has 0 bridgehead atoms. The van der Waals surface area contributed by atoms with Crippen molar-refractivity contribution in [1.29, 1.82) is 0 Å². The first-order valence-electron chi connectivity index (χ1n) is 7.41. The van der Waals surface area contributed by atoms with E-state index >= 15 is 0 Å². The van der Waals surface area contributed by atoms with Crippen LogP contribution in [0, 0.1) is 12.7 Å². The molecule has 3 aromatic rings. The number of carbonyl (C=O) groups is 2. The Morgan fingerprint density at radius 1 is 1.00 bits per heavy atom. The number of carbonyl (C=O) groups excluding carboxylic acids is 2. The van der Waals surface area contributed by atoms with Gasteiger partial charge in [0.2, 0.25) is 5.91 Å². The summed E-state index contributed by atoms with van der Waals surface area (Å²) in [6, 6.07) is 11.2. The van der Waals surface area contributed by atoms with Crippen molar-refractivity contribution in [2.75, 3.05) is 10.6 Å². The lowest BCUT2D eigenvalue weighted by Gasteiger charge is -2.06. The third-order valence-corrected chi connectivity index (χ3v) is 3.71. The van der Waals surface area contributed by atoms with Crippen molar-refractivity contribution in [1.82, 2.24) is 4.98 Å². The average Bonchev–Trinajstić information content (AvgIpc) is 2.85. The predicted molar refractivity (Wildman–Crippen MR) is 91.7 cm³/mol. The molecule has 0 aliphatic carbocycles. The van der Waals surface area contributed by atoms with Crippen LogP contribution in [0.5, 0.6) is 0 Å². The molecule has 1 heterocycles. The van der Waals surface area contributed by atoms with Crippen molar-refractivity contribution >= 4 is 34.1 Å². The molecule has 0 aliphatic rings. The van der Waals surface area contributed by atoms with Crippen LogP contribution in [0.4, 0.5) is 15.8 Å². The number of aromatic nitrogens is 1. The van der Waals surface area contributed by atoms with Crippen LogP contribution < -0.4 is 10.6 Å². The highest BCUT2D eigenvalue weighted by Crippen LogP contribution is 2.23. The molecule has 1 aromatic heterocycles. The van der Waals surface area contributed by atoms with Gasteiger partial charge in [-0.25, -0.2) is 4.39 Å². The normalized spacial score (nSPS) is 10.6. The molecular weight excluding hydrogens is 309 g/mol. The largest absolute Gasteiger partial charge is 0.350 e. The summed E-state index contributed by atoms with van der Waals surface area (Å²) >= 11 is 0. The molecule has 2 amide bonds. The summed E-state index contributed by atoms with van der Waals surface area (Å²) in [7, 11) is 0. The average molecular weight is 325 g/mol. The number of fused-ring (bicyclic) bond motifs is 1. The summed E-state index contributed by atoms with van der Waals surface area (Å²) in [6.45, 7) is 3.24. The second-order valence-corrected chi connectivity index (χ2v) is 5.53. The third-order valence-electron chi connectivity index (χ3n) is 3.71. The van der Waals surface area contributed by atoms with Crippen molar-refractivity contribution in [2.45, 2.75) is 13.8 Å². The van der Waals surface area contributed by atoms with Crippen molar-refractivity contribution in [2.24, 2.45) is 0 Å². The second-order valence-electron chi connectivity index (χ2n) is 5.53. The van der Waals surface area contributed by atoms with Gasteiger partial charge in [0.25, 0.3) is 5.91 Å². The summed E-state index contributed by atoms with van der Waals surface area (Å²) in [5, 5.41) is 6.24. The highest BCUT2D eigenvalue weighted by Gasteiger charge is 2.15. The number of hydrogen-bond donors (Lipinski definition) is 3. The van der Waals surface area contributed by atoms with Crippen LogP contribution in [0.2, 0.25) is 0 Å². The molecule has 6 heteroatoms. The van der Waals surface area contributed by atoms with Gasteiger partial charge in [0, 0.05) is 29.2 Å². The molecule has 2 aromatic carbocycles. The Bertz CT molecular complexity index is 929. The minimum atomic E-state index is -0.357. The van der Waals surface area contributed by atoms with Gasteiger partial charge in [0.15, 0.2) is 0 Å². The smallest absolute Gasteiger partial charge is 0.272 e. The Morgan fingerprint density at radius 2 is 1.62 bits per heavy atom. The number of anilines is 2. The highest BCUT2D eigenvalue weighted by atomic mass is 19.1. The summed E-state index contributed by atoms with van der Waals surface area (Å²) in [5.41, 5.74) is 2.98. The minimum Gasteiger partial charge on any atom is -0.350 e. The molecule has 0 radical (unpaired) electrons. The van der Waals surface area contributed by atoms with Gasteiger partial charge in [0.1, 0.15) is 11.5 Å². The van der Waals surface area contributed by atoms with Crippen LogP contribution in [-0.2, 0) is 4.79 Å². The number of benzene rings is 2. The molecule has 0 spiro atoms. The maximum atomic E-state index is 13.3. The zero-order valence-electron chi connectivity index (χ0n) is 13.2. The van der Waals surface area contributed by atoms with Crippen LogP contribution >= 0.6 is 0 Å². The Morgan fingerprint density at radius 3 is 2.25 bits per heavy atom. The number of halogens is 1. The van der Waals surface area contributed by atoms with Crippen molar-refractivity contribution in [3.05, 3.63) is 59.5 Å². The SMILES string of the molecule is CC(=O)Nc1ccc(NC(=O)c2[nH]c3cc(F)ccc3c2C)cc1. The van der Waals surface area contributed by atoms with E-state index in [1.807, 2.05) is 6.92 Å². The molecule has 0 atom stereocenters. The van der Waals surface area contributed by atoms with Crippen LogP contribution in [-0.4, -0.2) is 16.8 Å². The number of aryl methyl sites for hydroxylation is 1. The fourth-order valence-electron chi connectivity index (χ4n) is 2.57. The highest BCUT2D eigenvalue weighted by molar-refractivity contribution is 6.07. The van der Waals surface area contributed by atoms with Gasteiger partial charge in [-0.1, -0.05) is 0 Å². The van der Waals surface area contributed by atoms with E-state index in [2.05, 4.69) is 15.6 Å². The fraction of sp³-hybridized carbons (Fsp3) is 0.111. The van der Waals surface area contributed by atoms with Crippen molar-refractivity contribution in [3.63, 3.8) is 0 Å². The van der Waals surface area contributed by atoms with E-state index < -0.39 is 0 Å². The Kier molecular flexibility index (Phi) is 4.04. The molecule has 0 unspecified atom stereocenters. The van der Waals surface area contributed by atoms with Crippen LogP contribution in [0.15, 0.2) is 42.5 Å². The molecule has 3 N–H and O–H groups in total. The molecule has 0 fully saturated rings. The van der Waals surface area contributed by atoms with Gasteiger partial charge in [-0.15, -0.1) is 0 Å². The Balaban J connectivity index is 1.82. The van der Waals surface area contributed by atoms with E-state index in [-0.39, 0.29) is 17.6 Å². The molecule has 0 aliphatic heterocycles. The van der Waals surface area contributed by atoms with Gasteiger partial charge in [-0.3, -0.25) is 9.59 Å². The number of aromatic amines is 1. The van der Waals surface area contributed by atoms with Crippen molar-refractivity contribution < 1.29 is 14.0 Å². The molecule has 122 valence electrons. The number of hydrogen-bond acceptors (Lipinski definition) is 2. The van der Waals surface area contributed by atoms with E-state index in [0.29, 0.717) is 22.6 Å². The number of amides is 2. The van der Waals surface area contributed by atoms with Crippen molar-refractivity contribution in [3.8, 4) is 0 Å². The molecule has 3 rings (SSSR count). The van der Waals surface area contributed by atoms with Crippen LogP contribution in [0.3, 0.4) is 0 Å². The third kappa shape index (κ3) is 3.12. The topological polar surface area (TPSA) is 74.0 Å². The second kappa shape index (κ2) is 6.16. The van der Waals surface area contributed by atoms with E-state index in [4.69, 9.17) is 0 Å². The lowest BCUT2D eigenvalue weighted by Crippen LogP contribution is -2.13. The van der Waals surface area contributed by atoms with Gasteiger partial charge >= 0.3 is 0 Å². The standard InChI is InChI=1S/C18H16FN3O2/c1-10-15-8-3-12(19)9-16(15)22-17(10)18(24)21-14-6-4-13(5-7-14)20-11(2)23/h3-9,22H,1-2H3,(H,20,23)(H,21,24). The Labute approximate surface area is 137 Å². The maximum absolute atomic E-state index is 13.3. The first-order valence-corrected chi connectivity index (χ1v) is 7.41.